The van der Waals surface area contributed by atoms with Crippen LogP contribution in [-0.4, -0.2) is 13.1 Å². The van der Waals surface area contributed by atoms with Crippen LogP contribution >= 0.6 is 0 Å². The maximum absolute atomic E-state index is 11.9. The van der Waals surface area contributed by atoms with Gasteiger partial charge in [-0.15, -0.1) is 0 Å². The molecule has 2 amide bonds. The van der Waals surface area contributed by atoms with Crippen LogP contribution in [0, 0.1) is 5.41 Å². The zero-order valence-corrected chi connectivity index (χ0v) is 11.8. The first-order valence-electron chi connectivity index (χ1n) is 6.09. The molecule has 0 fully saturated rings. The normalized spacial score (nSPS) is 12.2. The molecule has 0 bridgehead atoms. The first-order valence-corrected chi connectivity index (χ1v) is 6.09. The summed E-state index contributed by atoms with van der Waals surface area (Å²) in [4.78, 5) is 13.5. The van der Waals surface area contributed by atoms with Crippen molar-refractivity contribution in [3.05, 3.63) is 42.1 Å². The summed E-state index contributed by atoms with van der Waals surface area (Å²) in [6.45, 7) is 8.37. The third-order valence-electron chi connectivity index (χ3n) is 3.04. The van der Waals surface area contributed by atoms with Crippen molar-refractivity contribution in [1.82, 2.24) is 5.32 Å². The lowest BCUT2D eigenvalue weighted by molar-refractivity contribution is 0.250. The van der Waals surface area contributed by atoms with Gasteiger partial charge in [-0.3, -0.25) is 4.90 Å². The maximum atomic E-state index is 11.9. The molecule has 0 saturated heterocycles. The van der Waals surface area contributed by atoms with E-state index in [0.29, 0.717) is 0 Å². The number of hydrogen-bond acceptors (Lipinski definition) is 1. The third kappa shape index (κ3) is 3.91. The molecule has 0 unspecified atom stereocenters. The first-order chi connectivity index (χ1) is 8.32. The Hall–Kier alpha value is -1.77. The minimum Gasteiger partial charge on any atom is -0.314 e. The van der Waals surface area contributed by atoms with Gasteiger partial charge in [-0.05, 0) is 24.5 Å². The molecule has 0 atom stereocenters. The largest absolute Gasteiger partial charge is 0.325 e. The van der Waals surface area contributed by atoms with Crippen molar-refractivity contribution in [2.75, 3.05) is 11.9 Å². The van der Waals surface area contributed by atoms with E-state index in [1.807, 2.05) is 37.3 Å². The Morgan fingerprint density at radius 3 is 2.28 bits per heavy atom. The first kappa shape index (κ1) is 14.3. The minimum absolute atomic E-state index is 0.0681. The van der Waals surface area contributed by atoms with Gasteiger partial charge in [0.05, 0.1) is 0 Å². The van der Waals surface area contributed by atoms with E-state index in [-0.39, 0.29) is 11.4 Å². The van der Waals surface area contributed by atoms with E-state index in [0.717, 1.165) is 11.3 Å². The summed E-state index contributed by atoms with van der Waals surface area (Å²) in [5.41, 5.74) is 2.08. The number of para-hydroxylation sites is 1. The summed E-state index contributed by atoms with van der Waals surface area (Å²) in [6.07, 6.45) is 1.78. The van der Waals surface area contributed by atoms with Gasteiger partial charge in [-0.1, -0.05) is 44.5 Å². The van der Waals surface area contributed by atoms with Gasteiger partial charge in [0.1, 0.15) is 0 Å². The van der Waals surface area contributed by atoms with Crippen molar-refractivity contribution >= 4 is 11.7 Å². The topological polar surface area (TPSA) is 32.3 Å². The molecule has 1 rings (SSSR count). The molecule has 3 heteroatoms. The van der Waals surface area contributed by atoms with Gasteiger partial charge in [0, 0.05) is 18.9 Å². The molecule has 1 aromatic rings. The highest BCUT2D eigenvalue weighted by Crippen LogP contribution is 2.23. The predicted octanol–water partition coefficient (Wildman–Crippen LogP) is 3.78. The van der Waals surface area contributed by atoms with E-state index in [1.54, 1.807) is 18.1 Å². The van der Waals surface area contributed by atoms with Crippen molar-refractivity contribution < 1.29 is 4.79 Å². The number of rotatable bonds is 2. The SMILES string of the molecule is C/C(=C\NC(=O)N(C)c1ccccc1)C(C)(C)C. The van der Waals surface area contributed by atoms with E-state index in [9.17, 15) is 4.79 Å². The number of carbonyl (C=O) groups excluding carboxylic acids is 1. The van der Waals surface area contributed by atoms with Crippen LogP contribution < -0.4 is 10.2 Å². The van der Waals surface area contributed by atoms with Crippen molar-refractivity contribution in [3.63, 3.8) is 0 Å². The van der Waals surface area contributed by atoms with Crippen molar-refractivity contribution in [2.24, 2.45) is 5.41 Å². The second kappa shape index (κ2) is 5.71. The van der Waals surface area contributed by atoms with Crippen LogP contribution in [0.15, 0.2) is 42.1 Å². The predicted molar refractivity (Wildman–Crippen MR) is 76.6 cm³/mol. The number of hydrogen-bond donors (Lipinski definition) is 1. The zero-order chi connectivity index (χ0) is 13.8. The molecule has 0 aromatic heterocycles. The van der Waals surface area contributed by atoms with Crippen LogP contribution in [-0.2, 0) is 0 Å². The number of urea groups is 1. The number of benzene rings is 1. The quantitative estimate of drug-likeness (QED) is 0.846. The lowest BCUT2D eigenvalue weighted by Gasteiger charge is -2.21. The Bertz CT molecular complexity index is 430. The number of allylic oxidation sites excluding steroid dienone is 1. The number of amides is 2. The average Bonchev–Trinajstić information content (AvgIpc) is 2.34. The van der Waals surface area contributed by atoms with Crippen molar-refractivity contribution in [2.45, 2.75) is 27.7 Å². The Kier molecular flexibility index (Phi) is 4.54. The van der Waals surface area contributed by atoms with Gasteiger partial charge in [0.2, 0.25) is 0 Å². The number of nitrogens with one attached hydrogen (secondary N) is 1. The van der Waals surface area contributed by atoms with Crippen LogP contribution in [0.2, 0.25) is 0 Å². The lowest BCUT2D eigenvalue weighted by Crippen LogP contribution is -2.34. The fourth-order valence-electron chi connectivity index (χ4n) is 1.25. The molecule has 3 nitrogen and oxygen atoms in total. The van der Waals surface area contributed by atoms with Gasteiger partial charge in [-0.2, -0.15) is 0 Å². The van der Waals surface area contributed by atoms with E-state index < -0.39 is 0 Å². The fraction of sp³-hybridized carbons (Fsp3) is 0.400. The lowest BCUT2D eigenvalue weighted by atomic mass is 9.88. The van der Waals surface area contributed by atoms with Gasteiger partial charge >= 0.3 is 6.03 Å². The highest BCUT2D eigenvalue weighted by molar-refractivity contribution is 5.91. The Balaban J connectivity index is 2.68. The van der Waals surface area contributed by atoms with Crippen LogP contribution in [0.5, 0.6) is 0 Å². The van der Waals surface area contributed by atoms with Crippen molar-refractivity contribution in [3.8, 4) is 0 Å². The molecule has 18 heavy (non-hydrogen) atoms. The second-order valence-corrected chi connectivity index (χ2v) is 5.42. The summed E-state index contributed by atoms with van der Waals surface area (Å²) >= 11 is 0. The van der Waals surface area contributed by atoms with E-state index in [2.05, 4.69) is 26.1 Å². The van der Waals surface area contributed by atoms with E-state index in [1.165, 1.54) is 0 Å². The molecule has 0 heterocycles. The standard InChI is InChI=1S/C15H22N2O/c1-12(15(2,3)4)11-16-14(18)17(5)13-9-7-6-8-10-13/h6-11H,1-5H3,(H,16,18)/b12-11+. The smallest absolute Gasteiger partial charge is 0.314 e. The van der Waals surface area contributed by atoms with Crippen LogP contribution in [0.3, 0.4) is 0 Å². The molecule has 0 spiro atoms. The highest BCUT2D eigenvalue weighted by atomic mass is 16.2. The van der Waals surface area contributed by atoms with Gasteiger partial charge in [-0.25, -0.2) is 4.79 Å². The second-order valence-electron chi connectivity index (χ2n) is 5.42. The van der Waals surface area contributed by atoms with E-state index in [4.69, 9.17) is 0 Å². The molecule has 0 aliphatic carbocycles. The Morgan fingerprint density at radius 1 is 1.22 bits per heavy atom. The Labute approximate surface area is 109 Å². The average molecular weight is 246 g/mol. The summed E-state index contributed by atoms with van der Waals surface area (Å²) in [7, 11) is 1.75. The number of anilines is 1. The molecule has 0 saturated carbocycles. The highest BCUT2D eigenvalue weighted by Gasteiger charge is 2.14. The zero-order valence-electron chi connectivity index (χ0n) is 11.8. The molecule has 0 aliphatic rings. The van der Waals surface area contributed by atoms with Crippen LogP contribution in [0.4, 0.5) is 10.5 Å². The molecule has 98 valence electrons. The van der Waals surface area contributed by atoms with Crippen LogP contribution in [0.25, 0.3) is 0 Å². The van der Waals surface area contributed by atoms with E-state index >= 15 is 0 Å². The minimum atomic E-state index is -0.134. The van der Waals surface area contributed by atoms with Gasteiger partial charge in [0.15, 0.2) is 0 Å². The fourth-order valence-corrected chi connectivity index (χ4v) is 1.25. The Morgan fingerprint density at radius 2 is 1.78 bits per heavy atom. The molecule has 0 aliphatic heterocycles. The summed E-state index contributed by atoms with van der Waals surface area (Å²) in [5, 5.41) is 2.81. The number of nitrogens with zero attached hydrogens (tertiary/aromatic N) is 1. The molecule has 1 aromatic carbocycles. The molecule has 0 radical (unpaired) electrons. The molecule has 1 N–H and O–H groups in total. The third-order valence-corrected chi connectivity index (χ3v) is 3.04. The summed E-state index contributed by atoms with van der Waals surface area (Å²) < 4.78 is 0. The number of carbonyl (C=O) groups is 1. The summed E-state index contributed by atoms with van der Waals surface area (Å²) in [6, 6.07) is 9.42. The monoisotopic (exact) mass is 246 g/mol. The van der Waals surface area contributed by atoms with Gasteiger partial charge < -0.3 is 5.32 Å². The molecular weight excluding hydrogens is 224 g/mol. The van der Waals surface area contributed by atoms with Crippen molar-refractivity contribution in [1.29, 1.82) is 0 Å². The van der Waals surface area contributed by atoms with Crippen LogP contribution in [0.1, 0.15) is 27.7 Å². The van der Waals surface area contributed by atoms with Gasteiger partial charge in [0.25, 0.3) is 0 Å². The molecular formula is C15H22N2O. The summed E-state index contributed by atoms with van der Waals surface area (Å²) in [5.74, 6) is 0. The maximum Gasteiger partial charge on any atom is 0.325 e.